The van der Waals surface area contributed by atoms with Crippen LogP contribution < -0.4 is 10.1 Å². The van der Waals surface area contributed by atoms with E-state index >= 15 is 0 Å². The molecular weight excluding hydrogens is 821 g/mol. The molecule has 2 aromatic rings. The van der Waals surface area contributed by atoms with Crippen LogP contribution in [-0.4, -0.2) is 150 Å². The molecule has 1 N–H and O–H groups in total. The zero-order chi connectivity index (χ0) is 44.9. The number of ether oxygens (including phenoxy) is 7. The van der Waals surface area contributed by atoms with Crippen molar-refractivity contribution in [1.29, 1.82) is 5.26 Å². The van der Waals surface area contributed by atoms with Crippen LogP contribution in [0.2, 0.25) is 0 Å². The molecule has 16 nitrogen and oxygen atoms in total. The van der Waals surface area contributed by atoms with Gasteiger partial charge in [0.1, 0.15) is 11.5 Å². The van der Waals surface area contributed by atoms with Crippen molar-refractivity contribution >= 4 is 35.0 Å². The molecule has 2 aliphatic heterocycles. The van der Waals surface area contributed by atoms with Crippen LogP contribution >= 0.6 is 0 Å². The maximum atomic E-state index is 13.4. The zero-order valence-corrected chi connectivity index (χ0v) is 35.1. The first-order chi connectivity index (χ1) is 29.7. The van der Waals surface area contributed by atoms with Crippen molar-refractivity contribution in [2.45, 2.75) is 51.9 Å². The summed E-state index contributed by atoms with van der Waals surface area (Å²) in [4.78, 5) is 66.8. The second-order valence-corrected chi connectivity index (χ2v) is 15.5. The first-order valence-electron chi connectivity index (χ1n) is 20.5. The molecule has 5 rings (SSSR count). The highest BCUT2D eigenvalue weighted by atomic mass is 19.4. The number of nitrogens with zero attached hydrogens (tertiary/aromatic N) is 3. The molecule has 3 amide bonds. The maximum Gasteiger partial charge on any atom is 0.417 e. The van der Waals surface area contributed by atoms with E-state index in [-0.39, 0.29) is 61.2 Å². The molecule has 3 atom stereocenters. The number of alkyl halides is 3. The molecular formula is C43H53F3N4O12. The van der Waals surface area contributed by atoms with Gasteiger partial charge in [-0.25, -0.2) is 0 Å². The first-order valence-corrected chi connectivity index (χ1v) is 20.5. The molecule has 3 unspecified atom stereocenters. The largest absolute Gasteiger partial charge is 0.480 e. The van der Waals surface area contributed by atoms with Gasteiger partial charge in [-0.15, -0.1) is 0 Å². The Morgan fingerprint density at radius 2 is 1.39 bits per heavy atom. The second kappa shape index (κ2) is 22.4. The Morgan fingerprint density at radius 3 is 1.97 bits per heavy atom. The number of nitriles is 1. The standard InChI is InChI=1S/C43H53F3N4O12/c1-28-35(51)10-9-34(37(28)52)50-39(53)31-5-4-6-33(36(31)40(50)54)48-11-13-56-15-17-58-19-21-60-23-24-61-22-20-59-18-16-57-14-12-49-27-42(2,3)38(41(49)55)62-30-8-7-29(26-47)32(25-30)43(44,45)46/h4-8,25,28,34,38,48H,9-24,27H2,1-3H3. The molecule has 2 heterocycles. The van der Waals surface area contributed by atoms with E-state index in [1.54, 1.807) is 36.9 Å². The summed E-state index contributed by atoms with van der Waals surface area (Å²) in [6.45, 7) is 10.1. The van der Waals surface area contributed by atoms with E-state index < -0.39 is 58.4 Å². The normalized spacial score (nSPS) is 20.0. The predicted octanol–water partition coefficient (Wildman–Crippen LogP) is 3.94. The minimum atomic E-state index is -4.74. The molecule has 3 aliphatic rings. The first kappa shape index (κ1) is 48.1. The fourth-order valence-electron chi connectivity index (χ4n) is 7.33. The number of anilines is 1. The van der Waals surface area contributed by atoms with E-state index in [4.69, 9.17) is 38.4 Å². The molecule has 62 heavy (non-hydrogen) atoms. The number of fused-ring (bicyclic) bond motifs is 1. The lowest BCUT2D eigenvalue weighted by Crippen LogP contribution is -2.50. The summed E-state index contributed by atoms with van der Waals surface area (Å²) in [6.07, 6.45) is -5.46. The van der Waals surface area contributed by atoms with Crippen molar-refractivity contribution in [3.05, 3.63) is 58.7 Å². The Hall–Kier alpha value is -4.97. The highest BCUT2D eigenvalue weighted by Crippen LogP contribution is 2.38. The summed E-state index contributed by atoms with van der Waals surface area (Å²) in [5.74, 6) is -3.00. The van der Waals surface area contributed by atoms with E-state index in [1.165, 1.54) is 19.1 Å². The number of carbonyl (C=O) groups excluding carboxylic acids is 5. The molecule has 1 saturated carbocycles. The smallest absolute Gasteiger partial charge is 0.417 e. The SMILES string of the molecule is CC1C(=O)CCC(N2C(=O)c3cccc(NCCOCCOCCOCCOCCOCCOCCN4CC(C)(C)C(Oc5ccc(C#N)c(C(F)(F)F)c5)C4=O)c3C2=O)C1=O. The molecule has 2 fully saturated rings. The number of hydrogen-bond acceptors (Lipinski definition) is 14. The van der Waals surface area contributed by atoms with Gasteiger partial charge in [-0.05, 0) is 43.7 Å². The number of imide groups is 1. The van der Waals surface area contributed by atoms with Crippen LogP contribution in [0.15, 0.2) is 36.4 Å². The van der Waals surface area contributed by atoms with Crippen LogP contribution in [-0.2, 0) is 49.0 Å². The van der Waals surface area contributed by atoms with Crippen molar-refractivity contribution in [1.82, 2.24) is 9.80 Å². The molecule has 0 aromatic heterocycles. The van der Waals surface area contributed by atoms with Crippen molar-refractivity contribution in [3.63, 3.8) is 0 Å². The molecule has 2 aromatic carbocycles. The van der Waals surface area contributed by atoms with Crippen LogP contribution in [0.1, 0.15) is 65.5 Å². The summed E-state index contributed by atoms with van der Waals surface area (Å²) >= 11 is 0. The van der Waals surface area contributed by atoms with Gasteiger partial charge in [-0.3, -0.25) is 28.9 Å². The van der Waals surface area contributed by atoms with Gasteiger partial charge in [0, 0.05) is 37.2 Å². The van der Waals surface area contributed by atoms with Crippen molar-refractivity contribution in [2.24, 2.45) is 11.3 Å². The van der Waals surface area contributed by atoms with Crippen LogP contribution in [0.5, 0.6) is 5.75 Å². The van der Waals surface area contributed by atoms with Crippen molar-refractivity contribution in [2.75, 3.05) is 104 Å². The number of carbonyl (C=O) groups is 5. The highest BCUT2D eigenvalue weighted by Gasteiger charge is 2.49. The summed E-state index contributed by atoms with van der Waals surface area (Å²) in [5, 5.41) is 12.2. The highest BCUT2D eigenvalue weighted by molar-refractivity contribution is 6.26. The molecule has 0 spiro atoms. The Morgan fingerprint density at radius 1 is 0.806 bits per heavy atom. The minimum absolute atomic E-state index is 0.136. The van der Waals surface area contributed by atoms with Gasteiger partial charge in [0.25, 0.3) is 17.7 Å². The quantitative estimate of drug-likeness (QED) is 0.0857. The van der Waals surface area contributed by atoms with E-state index in [2.05, 4.69) is 5.32 Å². The van der Waals surface area contributed by atoms with E-state index in [0.29, 0.717) is 84.8 Å². The Labute approximate surface area is 357 Å². The van der Waals surface area contributed by atoms with Crippen molar-refractivity contribution < 1.29 is 70.3 Å². The number of amides is 3. The number of Topliss-reactive ketones (excluding diaryl/α,β-unsaturated/α-hetero) is 2. The number of halogens is 3. The fraction of sp³-hybridized carbons (Fsp3) is 0.581. The summed E-state index contributed by atoms with van der Waals surface area (Å²) < 4.78 is 79.2. The summed E-state index contributed by atoms with van der Waals surface area (Å²) in [7, 11) is 0. The average Bonchev–Trinajstić information content (AvgIpc) is 3.62. The van der Waals surface area contributed by atoms with E-state index in [1.807, 2.05) is 0 Å². The van der Waals surface area contributed by atoms with Gasteiger partial charge in [-0.2, -0.15) is 18.4 Å². The molecule has 0 radical (unpaired) electrons. The van der Waals surface area contributed by atoms with Crippen LogP contribution in [0, 0.1) is 22.7 Å². The van der Waals surface area contributed by atoms with Crippen LogP contribution in [0.4, 0.5) is 18.9 Å². The maximum absolute atomic E-state index is 13.4. The number of likely N-dealkylation sites (tertiary alicyclic amines) is 1. The zero-order valence-electron chi connectivity index (χ0n) is 35.1. The number of hydrogen-bond donors (Lipinski definition) is 1. The Bertz CT molecular complexity index is 1950. The Kier molecular flexibility index (Phi) is 17.4. The predicted molar refractivity (Wildman–Crippen MR) is 213 cm³/mol. The molecule has 1 saturated heterocycles. The van der Waals surface area contributed by atoms with Gasteiger partial charge >= 0.3 is 6.18 Å². The van der Waals surface area contributed by atoms with Gasteiger partial charge in [-0.1, -0.05) is 19.9 Å². The fourth-order valence-corrected chi connectivity index (χ4v) is 7.33. The number of benzene rings is 2. The van der Waals surface area contributed by atoms with E-state index in [9.17, 15) is 37.1 Å². The minimum Gasteiger partial charge on any atom is -0.480 e. The average molecular weight is 875 g/mol. The lowest BCUT2D eigenvalue weighted by Gasteiger charge is -2.30. The molecule has 1 aliphatic carbocycles. The van der Waals surface area contributed by atoms with Gasteiger partial charge < -0.3 is 43.4 Å². The number of ketones is 2. The van der Waals surface area contributed by atoms with Gasteiger partial charge in [0.15, 0.2) is 11.9 Å². The van der Waals surface area contributed by atoms with Crippen molar-refractivity contribution in [3.8, 4) is 11.8 Å². The monoisotopic (exact) mass is 874 g/mol. The van der Waals surface area contributed by atoms with Gasteiger partial charge in [0.2, 0.25) is 0 Å². The number of rotatable bonds is 25. The Balaban J connectivity index is 0.820. The molecule has 19 heteroatoms. The lowest BCUT2D eigenvalue weighted by atomic mass is 9.84. The van der Waals surface area contributed by atoms with Crippen LogP contribution in [0.25, 0.3) is 0 Å². The second-order valence-electron chi connectivity index (χ2n) is 15.5. The third-order valence-electron chi connectivity index (χ3n) is 10.6. The van der Waals surface area contributed by atoms with E-state index in [0.717, 1.165) is 17.0 Å². The summed E-state index contributed by atoms with van der Waals surface area (Å²) in [6, 6.07) is 8.53. The topological polar surface area (TPSA) is 192 Å². The summed E-state index contributed by atoms with van der Waals surface area (Å²) in [5.41, 5.74) is -1.42. The third-order valence-corrected chi connectivity index (χ3v) is 10.6. The third kappa shape index (κ3) is 12.4. The molecule has 338 valence electrons. The number of nitrogens with one attached hydrogen (secondary N) is 1. The van der Waals surface area contributed by atoms with Gasteiger partial charge in [0.05, 0.1) is 120 Å². The lowest BCUT2D eigenvalue weighted by molar-refractivity contribution is -0.139. The van der Waals surface area contributed by atoms with Crippen LogP contribution in [0.3, 0.4) is 0 Å². The molecule has 0 bridgehead atoms.